The van der Waals surface area contributed by atoms with Crippen molar-refractivity contribution in [1.82, 2.24) is 39.6 Å². The van der Waals surface area contributed by atoms with Gasteiger partial charge in [-0.15, -0.1) is 11.8 Å². The van der Waals surface area contributed by atoms with Crippen molar-refractivity contribution < 1.29 is 9.05 Å². The smallest absolute Gasteiger partial charge is 0.332 e. The molecular weight excluding hydrogens is 689 g/mol. The maximum atomic E-state index is 5.37. The highest BCUT2D eigenvalue weighted by Gasteiger charge is 2.34. The van der Waals surface area contributed by atoms with Crippen LogP contribution in [0.5, 0.6) is 0 Å². The third kappa shape index (κ3) is 6.58. The number of benzene rings is 2. The van der Waals surface area contributed by atoms with Gasteiger partial charge in [-0.05, 0) is 69.1 Å². The maximum absolute atomic E-state index is 5.37. The molecule has 0 saturated carbocycles. The van der Waals surface area contributed by atoms with Crippen LogP contribution in [-0.2, 0) is 7.05 Å². The van der Waals surface area contributed by atoms with Gasteiger partial charge in [0.1, 0.15) is 23.4 Å². The molecule has 0 saturated heterocycles. The van der Waals surface area contributed by atoms with E-state index in [1.165, 1.54) is 15.4 Å². The summed E-state index contributed by atoms with van der Waals surface area (Å²) in [5, 5.41) is 13.7. The first kappa shape index (κ1) is 33.4. The second-order valence-corrected chi connectivity index (χ2v) is 14.8. The van der Waals surface area contributed by atoms with Crippen LogP contribution in [0.15, 0.2) is 128 Å². The van der Waals surface area contributed by atoms with Crippen LogP contribution in [0.2, 0.25) is 0 Å². The van der Waals surface area contributed by atoms with Crippen molar-refractivity contribution in [2.45, 2.75) is 47.6 Å². The lowest BCUT2D eigenvalue weighted by molar-refractivity contribution is 0.393. The van der Waals surface area contributed by atoms with Crippen molar-refractivity contribution in [1.29, 1.82) is 0 Å². The number of rotatable bonds is 7. The molecule has 1 atom stereocenters. The fraction of sp³-hybridized carbons (Fsp3) is 0.150. The van der Waals surface area contributed by atoms with Gasteiger partial charge < -0.3 is 14.0 Å². The number of fused-ring (bicyclic) bond motifs is 2. The number of H-pyrrole nitrogens is 1. The number of pyridine rings is 2. The zero-order chi connectivity index (χ0) is 35.8. The van der Waals surface area contributed by atoms with E-state index in [1.807, 2.05) is 102 Å². The normalized spacial score (nSPS) is 13.6. The molecule has 0 fully saturated rings. The van der Waals surface area contributed by atoms with Crippen molar-refractivity contribution in [2.75, 3.05) is 0 Å². The van der Waals surface area contributed by atoms with Crippen LogP contribution in [0.4, 0.5) is 11.5 Å². The Kier molecular flexibility index (Phi) is 9.08. The quantitative estimate of drug-likeness (QED) is 0.161. The monoisotopic (exact) mass is 723 g/mol. The third-order valence-corrected chi connectivity index (χ3v) is 11.0. The van der Waals surface area contributed by atoms with Gasteiger partial charge in [0.15, 0.2) is 5.69 Å². The predicted octanol–water partition coefficient (Wildman–Crippen LogP) is 9.83. The molecule has 0 amide bonds. The minimum Gasteiger partial charge on any atom is -0.361 e. The molecule has 10 nitrogen and oxygen atoms in total. The van der Waals surface area contributed by atoms with Gasteiger partial charge in [0.2, 0.25) is 0 Å². The van der Waals surface area contributed by atoms with Gasteiger partial charge in [-0.1, -0.05) is 58.5 Å². The van der Waals surface area contributed by atoms with Crippen molar-refractivity contribution in [3.63, 3.8) is 0 Å². The summed E-state index contributed by atoms with van der Waals surface area (Å²) in [4.78, 5) is 16.2. The highest BCUT2D eigenvalue weighted by atomic mass is 32.2. The number of aromatic amines is 1. The van der Waals surface area contributed by atoms with E-state index in [1.54, 1.807) is 16.4 Å². The zero-order valence-corrected chi connectivity index (χ0v) is 30.9. The molecule has 1 unspecified atom stereocenters. The lowest BCUT2D eigenvalue weighted by Gasteiger charge is -2.07. The summed E-state index contributed by atoms with van der Waals surface area (Å²) in [7, 11) is 1.92. The van der Waals surface area contributed by atoms with Crippen LogP contribution in [0.1, 0.15) is 33.7 Å². The fourth-order valence-corrected chi connectivity index (χ4v) is 8.42. The number of aryl methyl sites for hydroxylation is 5. The SMILES string of the molecule is Cc1noc(C)c1-c1cnc2[nH]cc(Sc3ccccc3)c2c1.Cc1noc(C)c1-c1cnc2c(c1)C(Sc1ccccc1)C=[N+]2c1cnn(C)c1. The van der Waals surface area contributed by atoms with Gasteiger partial charge in [-0.3, -0.25) is 4.68 Å². The lowest BCUT2D eigenvalue weighted by Crippen LogP contribution is -2.01. The van der Waals surface area contributed by atoms with Crippen LogP contribution in [0, 0.1) is 27.7 Å². The van der Waals surface area contributed by atoms with Crippen LogP contribution in [0.3, 0.4) is 0 Å². The van der Waals surface area contributed by atoms with Gasteiger partial charge in [-0.25, -0.2) is 4.98 Å². The molecule has 6 aromatic heterocycles. The highest BCUT2D eigenvalue weighted by Crippen LogP contribution is 2.44. The van der Waals surface area contributed by atoms with Gasteiger partial charge in [0.05, 0.1) is 46.4 Å². The summed E-state index contributed by atoms with van der Waals surface area (Å²) >= 11 is 3.54. The summed E-state index contributed by atoms with van der Waals surface area (Å²) < 4.78 is 14.6. The Bertz CT molecular complexity index is 2510. The summed E-state index contributed by atoms with van der Waals surface area (Å²) in [5.74, 6) is 2.56. The Morgan fingerprint density at radius 3 is 2.02 bits per heavy atom. The number of hydrogen-bond donors (Lipinski definition) is 1. The summed E-state index contributed by atoms with van der Waals surface area (Å²) in [6.07, 6.45) is 11.8. The lowest BCUT2D eigenvalue weighted by atomic mass is 10.0. The van der Waals surface area contributed by atoms with Crippen molar-refractivity contribution in [3.05, 3.63) is 132 Å². The molecule has 9 rings (SSSR count). The second-order valence-electron chi connectivity index (χ2n) is 12.5. The molecule has 0 spiro atoms. The molecule has 258 valence electrons. The van der Waals surface area contributed by atoms with E-state index in [-0.39, 0.29) is 5.25 Å². The predicted molar refractivity (Wildman–Crippen MR) is 207 cm³/mol. The topological polar surface area (TPSA) is 114 Å². The van der Waals surface area contributed by atoms with Gasteiger partial charge in [0, 0.05) is 56.2 Å². The Hall–Kier alpha value is -5.72. The molecule has 0 aliphatic carbocycles. The highest BCUT2D eigenvalue weighted by molar-refractivity contribution is 8.00. The number of nitrogens with one attached hydrogen (secondary N) is 1. The number of aromatic nitrogens is 7. The number of thioether (sulfide) groups is 1. The Balaban J connectivity index is 0.000000153. The van der Waals surface area contributed by atoms with Gasteiger partial charge in [-0.2, -0.15) is 9.67 Å². The largest absolute Gasteiger partial charge is 0.361 e. The van der Waals surface area contributed by atoms with E-state index in [2.05, 4.69) is 84.7 Å². The van der Waals surface area contributed by atoms with E-state index in [9.17, 15) is 0 Å². The minimum absolute atomic E-state index is 0.139. The van der Waals surface area contributed by atoms with Crippen LogP contribution in [-0.4, -0.2) is 41.3 Å². The molecule has 7 heterocycles. The molecule has 2 aromatic carbocycles. The van der Waals surface area contributed by atoms with Crippen LogP contribution in [0.25, 0.3) is 33.3 Å². The average Bonchev–Trinajstić information content (AvgIpc) is 3.99. The van der Waals surface area contributed by atoms with Crippen LogP contribution < -0.4 is 4.58 Å². The Labute approximate surface area is 309 Å². The standard InChI is InChI=1S/C22H20N5OS.C18H15N3OS/c1-14-21(15(2)28-25-14)16-9-19-20(29-18-7-5-4-6-8-18)13-27(22(19)23-10-16)17-11-24-26(3)12-17;1-11-17(12(2)22-21-11)13-8-15-16(10-20-18(15)19-9-13)23-14-6-4-3-5-7-14/h4-13,20H,1-3H3;3-10H,1-2H3,(H,19,20)/q+1;. The first-order valence-electron chi connectivity index (χ1n) is 16.7. The second kappa shape index (κ2) is 14.1. The summed E-state index contributed by atoms with van der Waals surface area (Å²) in [6, 6.07) is 25.1. The van der Waals surface area contributed by atoms with E-state index in [0.29, 0.717) is 0 Å². The van der Waals surface area contributed by atoms with Crippen molar-refractivity contribution >= 4 is 52.3 Å². The van der Waals surface area contributed by atoms with Crippen molar-refractivity contribution in [2.24, 2.45) is 7.05 Å². The van der Waals surface area contributed by atoms with E-state index < -0.39 is 0 Å². The molecule has 1 aliphatic rings. The Morgan fingerprint density at radius 1 is 0.769 bits per heavy atom. The molecule has 0 bridgehead atoms. The Morgan fingerprint density at radius 2 is 1.40 bits per heavy atom. The molecule has 0 radical (unpaired) electrons. The first-order chi connectivity index (χ1) is 25.3. The van der Waals surface area contributed by atoms with Gasteiger partial charge in [0.25, 0.3) is 0 Å². The van der Waals surface area contributed by atoms with E-state index in [0.717, 1.165) is 72.6 Å². The van der Waals surface area contributed by atoms with Crippen LogP contribution >= 0.6 is 23.5 Å². The number of nitrogens with zero attached hydrogens (tertiary/aromatic N) is 7. The van der Waals surface area contributed by atoms with E-state index in [4.69, 9.17) is 14.0 Å². The summed E-state index contributed by atoms with van der Waals surface area (Å²) in [5.41, 5.74) is 8.92. The first-order valence-corrected chi connectivity index (χ1v) is 18.4. The number of hydrogen-bond acceptors (Lipinski definition) is 9. The molecule has 52 heavy (non-hydrogen) atoms. The molecule has 12 heteroatoms. The molecule has 8 aromatic rings. The molecule has 1 aliphatic heterocycles. The van der Waals surface area contributed by atoms with Crippen molar-refractivity contribution in [3.8, 4) is 22.3 Å². The minimum atomic E-state index is 0.139. The fourth-order valence-electron chi connectivity index (χ4n) is 6.40. The average molecular weight is 724 g/mol. The molecular formula is C40H35N8O2S2+. The third-order valence-electron chi connectivity index (χ3n) is 8.80. The maximum Gasteiger partial charge on any atom is 0.332 e. The summed E-state index contributed by atoms with van der Waals surface area (Å²) in [6.45, 7) is 7.78. The van der Waals surface area contributed by atoms with E-state index >= 15 is 0 Å². The zero-order valence-electron chi connectivity index (χ0n) is 29.2. The molecule has 1 N–H and O–H groups in total. The van der Waals surface area contributed by atoms with Gasteiger partial charge >= 0.3 is 5.82 Å².